The quantitative estimate of drug-likeness (QED) is 0.672. The Labute approximate surface area is 185 Å². The summed E-state index contributed by atoms with van der Waals surface area (Å²) in [6, 6.07) is 7.10. The Bertz CT molecular complexity index is 975. The molecule has 2 aromatic rings. The van der Waals surface area contributed by atoms with Crippen LogP contribution in [0, 0.1) is 5.92 Å². The van der Waals surface area contributed by atoms with E-state index in [0.29, 0.717) is 42.4 Å². The number of sulfonamides is 1. The van der Waals surface area contributed by atoms with E-state index in [0.717, 1.165) is 18.7 Å². The van der Waals surface area contributed by atoms with Gasteiger partial charge in [-0.2, -0.15) is 9.40 Å². The fourth-order valence-electron chi connectivity index (χ4n) is 3.63. The number of carbonyl (C=O) groups excluding carboxylic acids is 1. The van der Waals surface area contributed by atoms with Crippen molar-refractivity contribution in [1.29, 1.82) is 0 Å². The van der Waals surface area contributed by atoms with Crippen LogP contribution in [0.5, 0.6) is 0 Å². The number of piperidine rings is 1. The molecule has 0 radical (unpaired) electrons. The molecule has 0 aliphatic carbocycles. The SMILES string of the molecule is CC(C)c1ccc(S(=O)(=O)N2CCC(C(=O)Nc3cnn(CCN(C)C)c3)CC2)cc1. The Morgan fingerprint density at radius 2 is 1.84 bits per heavy atom. The summed E-state index contributed by atoms with van der Waals surface area (Å²) in [6.45, 7) is 6.45. The van der Waals surface area contributed by atoms with Crippen molar-refractivity contribution in [3.63, 3.8) is 0 Å². The van der Waals surface area contributed by atoms with Gasteiger partial charge in [-0.15, -0.1) is 0 Å². The van der Waals surface area contributed by atoms with Gasteiger partial charge in [-0.05, 0) is 50.6 Å². The number of rotatable bonds is 8. The molecule has 1 aromatic heterocycles. The summed E-state index contributed by atoms with van der Waals surface area (Å²) in [5, 5.41) is 7.19. The third-order valence-electron chi connectivity index (χ3n) is 5.69. The molecule has 9 heteroatoms. The molecule has 31 heavy (non-hydrogen) atoms. The minimum absolute atomic E-state index is 0.0782. The standard InChI is InChI=1S/C22H33N5O3S/c1-17(2)18-5-7-21(8-6-18)31(29,30)27-11-9-19(10-12-27)22(28)24-20-15-23-26(16-20)14-13-25(3)4/h5-8,15-17,19H,9-14H2,1-4H3,(H,24,28). The van der Waals surface area contributed by atoms with Crippen molar-refractivity contribution in [1.82, 2.24) is 19.0 Å². The number of likely N-dealkylation sites (N-methyl/N-ethyl adjacent to an activating group) is 1. The number of nitrogens with zero attached hydrogens (tertiary/aromatic N) is 4. The van der Waals surface area contributed by atoms with Gasteiger partial charge in [0.05, 0.1) is 23.3 Å². The maximum atomic E-state index is 13.0. The number of hydrogen-bond acceptors (Lipinski definition) is 5. The second-order valence-corrected chi connectivity index (χ2v) is 10.6. The van der Waals surface area contributed by atoms with Crippen LogP contribution in [-0.2, 0) is 21.4 Å². The number of anilines is 1. The number of hydrogen-bond donors (Lipinski definition) is 1. The number of carbonyl (C=O) groups is 1. The van der Waals surface area contributed by atoms with E-state index >= 15 is 0 Å². The molecule has 2 heterocycles. The van der Waals surface area contributed by atoms with E-state index in [4.69, 9.17) is 0 Å². The minimum atomic E-state index is -3.54. The van der Waals surface area contributed by atoms with Gasteiger partial charge in [-0.25, -0.2) is 8.42 Å². The maximum Gasteiger partial charge on any atom is 0.243 e. The average molecular weight is 448 g/mol. The van der Waals surface area contributed by atoms with Crippen molar-refractivity contribution in [3.05, 3.63) is 42.2 Å². The largest absolute Gasteiger partial charge is 0.323 e. The second-order valence-electron chi connectivity index (χ2n) is 8.69. The van der Waals surface area contributed by atoms with Crippen molar-refractivity contribution >= 4 is 21.6 Å². The Hall–Kier alpha value is -2.23. The van der Waals surface area contributed by atoms with Crippen LogP contribution < -0.4 is 5.32 Å². The van der Waals surface area contributed by atoms with Crippen molar-refractivity contribution in [3.8, 4) is 0 Å². The van der Waals surface area contributed by atoms with E-state index in [1.807, 2.05) is 32.4 Å². The van der Waals surface area contributed by atoms with Crippen LogP contribution in [0.15, 0.2) is 41.6 Å². The highest BCUT2D eigenvalue weighted by Crippen LogP contribution is 2.26. The summed E-state index contributed by atoms with van der Waals surface area (Å²) < 4.78 is 29.2. The smallest absolute Gasteiger partial charge is 0.243 e. The van der Waals surface area contributed by atoms with E-state index < -0.39 is 10.0 Å². The molecule has 1 N–H and O–H groups in total. The topological polar surface area (TPSA) is 87.5 Å². The first-order valence-corrected chi connectivity index (χ1v) is 12.2. The van der Waals surface area contributed by atoms with Gasteiger partial charge in [0.1, 0.15) is 0 Å². The van der Waals surface area contributed by atoms with Crippen molar-refractivity contribution in [2.75, 3.05) is 39.0 Å². The summed E-state index contributed by atoms with van der Waals surface area (Å²) in [5.74, 6) is 0.0662. The molecule has 0 unspecified atom stereocenters. The van der Waals surface area contributed by atoms with Crippen LogP contribution in [-0.4, -0.2) is 67.0 Å². The lowest BCUT2D eigenvalue weighted by atomic mass is 9.97. The van der Waals surface area contributed by atoms with Gasteiger partial charge < -0.3 is 10.2 Å². The highest BCUT2D eigenvalue weighted by molar-refractivity contribution is 7.89. The lowest BCUT2D eigenvalue weighted by Gasteiger charge is -2.30. The van der Waals surface area contributed by atoms with Crippen LogP contribution in [0.2, 0.25) is 0 Å². The molecule has 1 amide bonds. The summed E-state index contributed by atoms with van der Waals surface area (Å²) in [4.78, 5) is 15.0. The zero-order valence-corrected chi connectivity index (χ0v) is 19.6. The summed E-state index contributed by atoms with van der Waals surface area (Å²) in [6.07, 6.45) is 4.48. The third-order valence-corrected chi connectivity index (χ3v) is 7.60. The molecule has 170 valence electrons. The van der Waals surface area contributed by atoms with Gasteiger partial charge in [0.2, 0.25) is 15.9 Å². The molecule has 0 bridgehead atoms. The lowest BCUT2D eigenvalue weighted by molar-refractivity contribution is -0.120. The first-order chi connectivity index (χ1) is 14.7. The van der Waals surface area contributed by atoms with E-state index in [9.17, 15) is 13.2 Å². The average Bonchev–Trinajstić information content (AvgIpc) is 3.19. The van der Waals surface area contributed by atoms with Gasteiger partial charge in [0.25, 0.3) is 0 Å². The minimum Gasteiger partial charge on any atom is -0.323 e. The van der Waals surface area contributed by atoms with E-state index in [1.54, 1.807) is 23.0 Å². The van der Waals surface area contributed by atoms with Crippen molar-refractivity contribution in [2.24, 2.45) is 5.92 Å². The first-order valence-electron chi connectivity index (χ1n) is 10.7. The number of amides is 1. The summed E-state index contributed by atoms with van der Waals surface area (Å²) >= 11 is 0. The molecular weight excluding hydrogens is 414 g/mol. The van der Waals surface area contributed by atoms with Gasteiger partial charge in [0, 0.05) is 31.7 Å². The maximum absolute atomic E-state index is 13.0. The first kappa shape index (κ1) is 23.4. The fourth-order valence-corrected chi connectivity index (χ4v) is 5.10. The van der Waals surface area contributed by atoms with Crippen LogP contribution in [0.4, 0.5) is 5.69 Å². The van der Waals surface area contributed by atoms with Gasteiger partial charge in [-0.3, -0.25) is 9.48 Å². The van der Waals surface area contributed by atoms with Gasteiger partial charge in [0.15, 0.2) is 0 Å². The monoisotopic (exact) mass is 447 g/mol. The summed E-state index contributed by atoms with van der Waals surface area (Å²) in [7, 11) is 0.461. The van der Waals surface area contributed by atoms with Crippen LogP contribution in [0.3, 0.4) is 0 Å². The van der Waals surface area contributed by atoms with Gasteiger partial charge >= 0.3 is 0 Å². The van der Waals surface area contributed by atoms with Gasteiger partial charge in [-0.1, -0.05) is 26.0 Å². The molecule has 8 nitrogen and oxygen atoms in total. The highest BCUT2D eigenvalue weighted by atomic mass is 32.2. The van der Waals surface area contributed by atoms with Crippen LogP contribution >= 0.6 is 0 Å². The Morgan fingerprint density at radius 3 is 2.42 bits per heavy atom. The van der Waals surface area contributed by atoms with E-state index in [2.05, 4.69) is 29.2 Å². The van der Waals surface area contributed by atoms with E-state index in [-0.39, 0.29) is 11.8 Å². The van der Waals surface area contributed by atoms with Crippen LogP contribution in [0.25, 0.3) is 0 Å². The second kappa shape index (κ2) is 9.93. The molecule has 1 aliphatic heterocycles. The lowest BCUT2D eigenvalue weighted by Crippen LogP contribution is -2.41. The molecule has 0 spiro atoms. The predicted octanol–water partition coefficient (Wildman–Crippen LogP) is 2.61. The molecule has 3 rings (SSSR count). The Morgan fingerprint density at radius 1 is 1.19 bits per heavy atom. The molecule has 1 aromatic carbocycles. The fraction of sp³-hybridized carbons (Fsp3) is 0.545. The highest BCUT2D eigenvalue weighted by Gasteiger charge is 2.32. The number of benzene rings is 1. The van der Waals surface area contributed by atoms with E-state index in [1.165, 1.54) is 4.31 Å². The number of nitrogens with one attached hydrogen (secondary N) is 1. The Kier molecular flexibility index (Phi) is 7.51. The zero-order valence-electron chi connectivity index (χ0n) is 18.8. The van der Waals surface area contributed by atoms with Crippen LogP contribution in [0.1, 0.15) is 38.2 Å². The molecular formula is C22H33N5O3S. The molecule has 0 saturated carbocycles. The zero-order chi connectivity index (χ0) is 22.6. The molecule has 1 fully saturated rings. The number of aromatic nitrogens is 2. The predicted molar refractivity (Wildman–Crippen MR) is 121 cm³/mol. The summed E-state index contributed by atoms with van der Waals surface area (Å²) in [5.41, 5.74) is 1.78. The third kappa shape index (κ3) is 5.93. The molecule has 1 saturated heterocycles. The molecule has 1 aliphatic rings. The van der Waals surface area contributed by atoms with Crippen molar-refractivity contribution < 1.29 is 13.2 Å². The molecule has 0 atom stereocenters. The Balaban J connectivity index is 1.54. The van der Waals surface area contributed by atoms with Crippen molar-refractivity contribution in [2.45, 2.75) is 44.0 Å². The normalized spacial score (nSPS) is 16.2.